The number of hydrogen-bond donors (Lipinski definition) is 0. The molecule has 0 radical (unpaired) electrons. The van der Waals surface area contributed by atoms with E-state index in [9.17, 15) is 4.79 Å². The van der Waals surface area contributed by atoms with Gasteiger partial charge in [-0.2, -0.15) is 0 Å². The number of furan rings is 1. The summed E-state index contributed by atoms with van der Waals surface area (Å²) in [6.45, 7) is 4.02. The minimum atomic E-state index is -0.192. The van der Waals surface area contributed by atoms with Gasteiger partial charge in [0.15, 0.2) is 17.3 Å². The van der Waals surface area contributed by atoms with Gasteiger partial charge in [0.2, 0.25) is 5.78 Å². The summed E-state index contributed by atoms with van der Waals surface area (Å²) in [6, 6.07) is 14.7. The molecule has 0 saturated carbocycles. The summed E-state index contributed by atoms with van der Waals surface area (Å²) in [5, 5.41) is 0.907. The number of para-hydroxylation sites is 1. The zero-order chi connectivity index (χ0) is 17.6. The van der Waals surface area contributed by atoms with E-state index in [1.165, 1.54) is 6.08 Å². The van der Waals surface area contributed by atoms with Crippen LogP contribution in [-0.2, 0) is 0 Å². The quantitative estimate of drug-likeness (QED) is 0.350. The monoisotopic (exact) mass is 334 g/mol. The van der Waals surface area contributed by atoms with E-state index in [0.717, 1.165) is 10.9 Å². The maximum Gasteiger partial charge on any atom is 0.221 e. The Bertz CT molecular complexity index is 901. The van der Waals surface area contributed by atoms with Crippen LogP contribution in [0.15, 0.2) is 71.7 Å². The number of ketones is 1. The molecular weight excluding hydrogens is 316 g/mol. The Balaban J connectivity index is 1.78. The Morgan fingerprint density at radius 3 is 2.76 bits per heavy atom. The molecule has 4 nitrogen and oxygen atoms in total. The van der Waals surface area contributed by atoms with Gasteiger partial charge in [-0.25, -0.2) is 0 Å². The Hall–Kier alpha value is -3.27. The van der Waals surface area contributed by atoms with Gasteiger partial charge in [-0.05, 0) is 35.9 Å². The fraction of sp³-hybridized carbons (Fsp3) is 0.0952. The van der Waals surface area contributed by atoms with Gasteiger partial charge in [0.25, 0.3) is 0 Å². The summed E-state index contributed by atoms with van der Waals surface area (Å²) in [7, 11) is 1.57. The van der Waals surface area contributed by atoms with Gasteiger partial charge in [0, 0.05) is 5.39 Å². The zero-order valence-corrected chi connectivity index (χ0v) is 13.9. The maximum absolute atomic E-state index is 12.3. The third-order valence-corrected chi connectivity index (χ3v) is 3.64. The first-order valence-corrected chi connectivity index (χ1v) is 7.84. The molecule has 0 aliphatic rings. The Morgan fingerprint density at radius 2 is 2.00 bits per heavy atom. The average molecular weight is 334 g/mol. The van der Waals surface area contributed by atoms with Crippen LogP contribution in [0, 0.1) is 0 Å². The van der Waals surface area contributed by atoms with Crippen molar-refractivity contribution in [3.63, 3.8) is 0 Å². The molecule has 1 heterocycles. The van der Waals surface area contributed by atoms with Gasteiger partial charge in [-0.3, -0.25) is 4.79 Å². The highest BCUT2D eigenvalue weighted by Gasteiger charge is 2.09. The van der Waals surface area contributed by atoms with Crippen LogP contribution in [0.4, 0.5) is 0 Å². The first-order chi connectivity index (χ1) is 12.2. The van der Waals surface area contributed by atoms with Crippen LogP contribution in [0.3, 0.4) is 0 Å². The molecule has 0 amide bonds. The maximum atomic E-state index is 12.3. The number of methoxy groups -OCH3 is 1. The number of allylic oxidation sites excluding steroid dienone is 1. The lowest BCUT2D eigenvalue weighted by atomic mass is 10.1. The Morgan fingerprint density at radius 1 is 1.16 bits per heavy atom. The van der Waals surface area contributed by atoms with E-state index < -0.39 is 0 Å². The summed E-state index contributed by atoms with van der Waals surface area (Å²) in [6.07, 6.45) is 4.87. The number of hydrogen-bond acceptors (Lipinski definition) is 4. The standard InChI is InChI=1S/C21H18O4/c1-3-12-24-19-11-9-15(13-21(19)23-2)8-10-17(22)20-14-16-6-4-5-7-18(16)25-20/h3-11,13-14H,1,12H2,2H3/b10-8+. The van der Waals surface area contributed by atoms with E-state index in [1.54, 1.807) is 37.5 Å². The largest absolute Gasteiger partial charge is 0.493 e. The molecule has 0 aliphatic heterocycles. The molecular formula is C21H18O4. The number of ether oxygens (including phenoxy) is 2. The summed E-state index contributed by atoms with van der Waals surface area (Å²) < 4.78 is 16.4. The van der Waals surface area contributed by atoms with E-state index in [-0.39, 0.29) is 5.78 Å². The molecule has 0 spiro atoms. The van der Waals surface area contributed by atoms with E-state index >= 15 is 0 Å². The highest BCUT2D eigenvalue weighted by atomic mass is 16.5. The molecule has 3 rings (SSSR count). The predicted octanol–water partition coefficient (Wildman–Crippen LogP) is 4.90. The lowest BCUT2D eigenvalue weighted by molar-refractivity contribution is 0.102. The van der Waals surface area contributed by atoms with Gasteiger partial charge in [0.1, 0.15) is 12.2 Å². The number of carbonyl (C=O) groups excluding carboxylic acids is 1. The third kappa shape index (κ3) is 3.80. The minimum absolute atomic E-state index is 0.192. The van der Waals surface area contributed by atoms with Gasteiger partial charge >= 0.3 is 0 Å². The van der Waals surface area contributed by atoms with Crippen molar-refractivity contribution in [1.82, 2.24) is 0 Å². The van der Waals surface area contributed by atoms with E-state index in [0.29, 0.717) is 29.4 Å². The molecule has 4 heteroatoms. The lowest BCUT2D eigenvalue weighted by Gasteiger charge is -2.09. The SMILES string of the molecule is C=CCOc1ccc(/C=C/C(=O)c2cc3ccccc3o2)cc1OC. The first kappa shape index (κ1) is 16.6. The van der Waals surface area contributed by atoms with Gasteiger partial charge in [-0.15, -0.1) is 0 Å². The van der Waals surface area contributed by atoms with Crippen molar-refractivity contribution in [2.75, 3.05) is 13.7 Å². The first-order valence-electron chi connectivity index (χ1n) is 7.84. The highest BCUT2D eigenvalue weighted by molar-refractivity contribution is 6.06. The zero-order valence-electron chi connectivity index (χ0n) is 13.9. The second-order valence-corrected chi connectivity index (χ2v) is 5.36. The molecule has 0 N–H and O–H groups in total. The molecule has 0 bridgehead atoms. The number of benzene rings is 2. The summed E-state index contributed by atoms with van der Waals surface area (Å²) in [4.78, 5) is 12.3. The average Bonchev–Trinajstić information content (AvgIpc) is 3.09. The smallest absolute Gasteiger partial charge is 0.221 e. The van der Waals surface area contributed by atoms with Crippen LogP contribution >= 0.6 is 0 Å². The lowest BCUT2D eigenvalue weighted by Crippen LogP contribution is -1.96. The summed E-state index contributed by atoms with van der Waals surface area (Å²) in [5.41, 5.74) is 1.52. The third-order valence-electron chi connectivity index (χ3n) is 3.64. The number of carbonyl (C=O) groups is 1. The number of rotatable bonds is 7. The van der Waals surface area contributed by atoms with Gasteiger partial charge in [0.05, 0.1) is 7.11 Å². The van der Waals surface area contributed by atoms with Gasteiger partial charge in [-0.1, -0.05) is 43.0 Å². The number of fused-ring (bicyclic) bond motifs is 1. The van der Waals surface area contributed by atoms with E-state index in [1.807, 2.05) is 30.3 Å². The molecule has 1 aromatic heterocycles. The molecule has 0 fully saturated rings. The highest BCUT2D eigenvalue weighted by Crippen LogP contribution is 2.28. The van der Waals surface area contributed by atoms with Crippen LogP contribution in [0.5, 0.6) is 11.5 Å². The topological polar surface area (TPSA) is 48.7 Å². The predicted molar refractivity (Wildman–Crippen MR) is 98.3 cm³/mol. The molecule has 0 saturated heterocycles. The Labute approximate surface area is 146 Å². The van der Waals surface area contributed by atoms with E-state index in [4.69, 9.17) is 13.9 Å². The second kappa shape index (κ2) is 7.53. The van der Waals surface area contributed by atoms with Crippen LogP contribution in [-0.4, -0.2) is 19.5 Å². The second-order valence-electron chi connectivity index (χ2n) is 5.36. The van der Waals surface area contributed by atoms with Crippen molar-refractivity contribution in [3.8, 4) is 11.5 Å². The summed E-state index contributed by atoms with van der Waals surface area (Å²) >= 11 is 0. The van der Waals surface area contributed by atoms with Crippen molar-refractivity contribution in [2.45, 2.75) is 0 Å². The molecule has 2 aromatic carbocycles. The minimum Gasteiger partial charge on any atom is -0.493 e. The van der Waals surface area contributed by atoms with Crippen LogP contribution in [0.25, 0.3) is 17.0 Å². The fourth-order valence-electron chi connectivity index (χ4n) is 2.41. The normalized spacial score (nSPS) is 10.9. The molecule has 3 aromatic rings. The van der Waals surface area contributed by atoms with Gasteiger partial charge < -0.3 is 13.9 Å². The van der Waals surface area contributed by atoms with Crippen LogP contribution in [0.2, 0.25) is 0 Å². The molecule has 0 unspecified atom stereocenters. The van der Waals surface area contributed by atoms with Crippen LogP contribution in [0.1, 0.15) is 16.1 Å². The van der Waals surface area contributed by atoms with Crippen molar-refractivity contribution in [1.29, 1.82) is 0 Å². The van der Waals surface area contributed by atoms with Crippen molar-refractivity contribution in [3.05, 3.63) is 78.6 Å². The van der Waals surface area contributed by atoms with Crippen molar-refractivity contribution < 1.29 is 18.7 Å². The summed E-state index contributed by atoms with van der Waals surface area (Å²) in [5.74, 6) is 1.35. The van der Waals surface area contributed by atoms with Crippen molar-refractivity contribution >= 4 is 22.8 Å². The fourth-order valence-corrected chi connectivity index (χ4v) is 2.41. The molecule has 126 valence electrons. The molecule has 0 aliphatic carbocycles. The van der Waals surface area contributed by atoms with Crippen LogP contribution < -0.4 is 9.47 Å². The Kier molecular flexibility index (Phi) is 5.00. The molecule has 0 atom stereocenters. The van der Waals surface area contributed by atoms with E-state index in [2.05, 4.69) is 6.58 Å². The van der Waals surface area contributed by atoms with Crippen molar-refractivity contribution in [2.24, 2.45) is 0 Å². The molecule has 25 heavy (non-hydrogen) atoms.